The molecule has 0 radical (unpaired) electrons. The van der Waals surface area contributed by atoms with Gasteiger partial charge in [0.15, 0.2) is 5.65 Å². The number of rotatable bonds is 6. The largest absolute Gasteiger partial charge is 0.351 e. The molecule has 0 spiro atoms. The molecule has 27 heavy (non-hydrogen) atoms. The average Bonchev–Trinajstić information content (AvgIpc) is 3.35. The van der Waals surface area contributed by atoms with Gasteiger partial charge in [0.25, 0.3) is 5.91 Å². The molecule has 1 saturated heterocycles. The fraction of sp³-hybridized carbons (Fsp3) is 0.421. The highest BCUT2D eigenvalue weighted by molar-refractivity contribution is 5.92. The molecule has 1 amide bonds. The molecule has 4 rings (SSSR count). The number of hydrogen-bond donors (Lipinski definition) is 1. The van der Waals surface area contributed by atoms with Crippen LogP contribution in [0.25, 0.3) is 5.65 Å². The second kappa shape index (κ2) is 7.69. The van der Waals surface area contributed by atoms with Crippen LogP contribution < -0.4 is 10.2 Å². The van der Waals surface area contributed by atoms with Gasteiger partial charge in [-0.25, -0.2) is 9.97 Å². The van der Waals surface area contributed by atoms with E-state index in [4.69, 9.17) is 0 Å². The van der Waals surface area contributed by atoms with Gasteiger partial charge in [-0.15, -0.1) is 10.2 Å². The Balaban J connectivity index is 1.34. The predicted octanol–water partition coefficient (Wildman–Crippen LogP) is 1.79. The average molecular weight is 365 g/mol. The van der Waals surface area contributed by atoms with E-state index in [1.54, 1.807) is 6.07 Å². The number of amides is 1. The monoisotopic (exact) mass is 365 g/mol. The molecule has 0 unspecified atom stereocenters. The second-order valence-corrected chi connectivity index (χ2v) is 6.79. The highest BCUT2D eigenvalue weighted by Crippen LogP contribution is 2.16. The summed E-state index contributed by atoms with van der Waals surface area (Å²) in [6.45, 7) is 4.37. The third-order valence-electron chi connectivity index (χ3n) is 4.71. The summed E-state index contributed by atoms with van der Waals surface area (Å²) in [5, 5.41) is 11.3. The summed E-state index contributed by atoms with van der Waals surface area (Å²) in [5.74, 6) is 1.40. The van der Waals surface area contributed by atoms with E-state index >= 15 is 0 Å². The van der Waals surface area contributed by atoms with E-state index in [2.05, 4.69) is 30.4 Å². The van der Waals surface area contributed by atoms with Crippen molar-refractivity contribution < 1.29 is 4.79 Å². The molecule has 4 heterocycles. The summed E-state index contributed by atoms with van der Waals surface area (Å²) < 4.78 is 1.97. The van der Waals surface area contributed by atoms with Gasteiger partial charge < -0.3 is 10.2 Å². The molecule has 1 N–H and O–H groups in total. The maximum atomic E-state index is 12.5. The number of pyridine rings is 1. The van der Waals surface area contributed by atoms with E-state index in [9.17, 15) is 4.79 Å². The number of aromatic nitrogens is 5. The molecule has 0 aliphatic carbocycles. The van der Waals surface area contributed by atoms with Crippen LogP contribution >= 0.6 is 0 Å². The maximum Gasteiger partial charge on any atom is 0.270 e. The standard InChI is InChI=1S/C19H23N7O/c1-14-13-15(22-19(21-14)25-10-4-5-11-25)18(27)20-9-6-8-17-24-23-16-7-2-3-12-26(16)17/h2-3,7,12-13H,4-6,8-11H2,1H3,(H,20,27). The van der Waals surface area contributed by atoms with E-state index in [0.717, 1.165) is 55.9 Å². The molecule has 1 aliphatic heterocycles. The van der Waals surface area contributed by atoms with Crippen molar-refractivity contribution in [2.45, 2.75) is 32.6 Å². The molecule has 1 aliphatic rings. The Bertz CT molecular complexity index is 946. The number of nitrogens with one attached hydrogen (secondary N) is 1. The van der Waals surface area contributed by atoms with E-state index in [-0.39, 0.29) is 5.91 Å². The van der Waals surface area contributed by atoms with Crippen LogP contribution in [0.4, 0.5) is 5.95 Å². The molecular formula is C19H23N7O. The fourth-order valence-electron chi connectivity index (χ4n) is 3.33. The maximum absolute atomic E-state index is 12.5. The Labute approximate surface area is 157 Å². The first-order valence-electron chi connectivity index (χ1n) is 9.38. The topological polar surface area (TPSA) is 88.3 Å². The van der Waals surface area contributed by atoms with E-state index in [0.29, 0.717) is 18.2 Å². The third-order valence-corrected chi connectivity index (χ3v) is 4.71. The Morgan fingerprint density at radius 2 is 2.04 bits per heavy atom. The number of fused-ring (bicyclic) bond motifs is 1. The lowest BCUT2D eigenvalue weighted by Gasteiger charge is -2.16. The number of anilines is 1. The molecule has 8 nitrogen and oxygen atoms in total. The number of nitrogens with zero attached hydrogens (tertiary/aromatic N) is 6. The summed E-state index contributed by atoms with van der Waals surface area (Å²) in [6, 6.07) is 7.56. The van der Waals surface area contributed by atoms with Gasteiger partial charge in [-0.05, 0) is 44.4 Å². The molecule has 0 saturated carbocycles. The molecule has 8 heteroatoms. The van der Waals surface area contributed by atoms with Gasteiger partial charge in [0.2, 0.25) is 5.95 Å². The van der Waals surface area contributed by atoms with Gasteiger partial charge in [0, 0.05) is 37.9 Å². The number of carbonyl (C=O) groups excluding carboxylic acids is 1. The normalized spacial score (nSPS) is 14.0. The van der Waals surface area contributed by atoms with Crippen LogP contribution in [0.2, 0.25) is 0 Å². The molecule has 140 valence electrons. The highest BCUT2D eigenvalue weighted by Gasteiger charge is 2.18. The first-order chi connectivity index (χ1) is 13.2. The SMILES string of the molecule is Cc1cc(C(=O)NCCCc2nnc3ccccn23)nc(N2CCCC2)n1. The van der Waals surface area contributed by atoms with Crippen LogP contribution in [0, 0.1) is 6.92 Å². The van der Waals surface area contributed by atoms with Crippen molar-refractivity contribution in [1.29, 1.82) is 0 Å². The smallest absolute Gasteiger partial charge is 0.270 e. The zero-order chi connectivity index (χ0) is 18.6. The van der Waals surface area contributed by atoms with Crippen molar-refractivity contribution in [3.05, 3.63) is 47.7 Å². The summed E-state index contributed by atoms with van der Waals surface area (Å²) in [4.78, 5) is 23.6. The number of hydrogen-bond acceptors (Lipinski definition) is 6. The van der Waals surface area contributed by atoms with Crippen LogP contribution in [-0.2, 0) is 6.42 Å². The first-order valence-corrected chi connectivity index (χ1v) is 9.38. The molecule has 3 aromatic heterocycles. The zero-order valence-corrected chi connectivity index (χ0v) is 15.4. The van der Waals surface area contributed by atoms with Crippen LogP contribution in [0.5, 0.6) is 0 Å². The van der Waals surface area contributed by atoms with E-state index in [1.807, 2.05) is 35.7 Å². The number of aryl methyl sites for hydroxylation is 2. The molecule has 3 aromatic rings. The van der Waals surface area contributed by atoms with Gasteiger partial charge >= 0.3 is 0 Å². The van der Waals surface area contributed by atoms with Gasteiger partial charge in [-0.1, -0.05) is 6.07 Å². The van der Waals surface area contributed by atoms with Crippen molar-refractivity contribution in [3.8, 4) is 0 Å². The summed E-state index contributed by atoms with van der Waals surface area (Å²) in [6.07, 6.45) is 5.77. The molecule has 0 bridgehead atoms. The van der Waals surface area contributed by atoms with Crippen LogP contribution in [0.15, 0.2) is 30.5 Å². The molecule has 0 atom stereocenters. The minimum absolute atomic E-state index is 0.160. The van der Waals surface area contributed by atoms with Crippen LogP contribution in [0.1, 0.15) is 41.3 Å². The Morgan fingerprint density at radius 1 is 1.19 bits per heavy atom. The molecular weight excluding hydrogens is 342 g/mol. The second-order valence-electron chi connectivity index (χ2n) is 6.79. The highest BCUT2D eigenvalue weighted by atomic mass is 16.1. The lowest BCUT2D eigenvalue weighted by molar-refractivity contribution is 0.0948. The zero-order valence-electron chi connectivity index (χ0n) is 15.4. The fourth-order valence-corrected chi connectivity index (χ4v) is 3.33. The quantitative estimate of drug-likeness (QED) is 0.670. The van der Waals surface area contributed by atoms with E-state index < -0.39 is 0 Å². The Kier molecular flexibility index (Phi) is 4.95. The summed E-state index contributed by atoms with van der Waals surface area (Å²) in [5.41, 5.74) is 2.08. The summed E-state index contributed by atoms with van der Waals surface area (Å²) in [7, 11) is 0. The van der Waals surface area contributed by atoms with Gasteiger partial charge in [0.1, 0.15) is 11.5 Å². The van der Waals surface area contributed by atoms with Crippen LogP contribution in [0.3, 0.4) is 0 Å². The minimum Gasteiger partial charge on any atom is -0.351 e. The molecule has 0 aromatic carbocycles. The molecule has 1 fully saturated rings. The first kappa shape index (κ1) is 17.4. The van der Waals surface area contributed by atoms with Gasteiger partial charge in [-0.2, -0.15) is 0 Å². The number of carbonyl (C=O) groups is 1. The van der Waals surface area contributed by atoms with Crippen molar-refractivity contribution in [2.75, 3.05) is 24.5 Å². The minimum atomic E-state index is -0.160. The van der Waals surface area contributed by atoms with Crippen molar-refractivity contribution >= 4 is 17.5 Å². The van der Waals surface area contributed by atoms with Gasteiger partial charge in [0.05, 0.1) is 0 Å². The van der Waals surface area contributed by atoms with Crippen molar-refractivity contribution in [1.82, 2.24) is 29.9 Å². The van der Waals surface area contributed by atoms with Gasteiger partial charge in [-0.3, -0.25) is 9.20 Å². The lowest BCUT2D eigenvalue weighted by Crippen LogP contribution is -2.28. The lowest BCUT2D eigenvalue weighted by atomic mass is 10.2. The van der Waals surface area contributed by atoms with E-state index in [1.165, 1.54) is 0 Å². The van der Waals surface area contributed by atoms with Crippen molar-refractivity contribution in [2.24, 2.45) is 0 Å². The Morgan fingerprint density at radius 3 is 2.89 bits per heavy atom. The Hall–Kier alpha value is -3.03. The van der Waals surface area contributed by atoms with Crippen LogP contribution in [-0.4, -0.2) is 50.1 Å². The third kappa shape index (κ3) is 3.89. The van der Waals surface area contributed by atoms with Crippen molar-refractivity contribution in [3.63, 3.8) is 0 Å². The predicted molar refractivity (Wildman–Crippen MR) is 102 cm³/mol. The summed E-state index contributed by atoms with van der Waals surface area (Å²) >= 11 is 0.